The van der Waals surface area contributed by atoms with Crippen molar-refractivity contribution in [3.05, 3.63) is 112 Å². The number of hydrogen-bond acceptors (Lipinski definition) is 7. The average molecular weight is 607 g/mol. The predicted octanol–water partition coefficient (Wildman–Crippen LogP) is 6.49. The minimum Gasteiger partial charge on any atom is -0.398 e. The van der Waals surface area contributed by atoms with E-state index in [0.717, 1.165) is 59.2 Å². The van der Waals surface area contributed by atoms with Crippen molar-refractivity contribution >= 4 is 28.6 Å². The molecule has 0 bridgehead atoms. The van der Waals surface area contributed by atoms with E-state index in [1.807, 2.05) is 18.6 Å². The summed E-state index contributed by atoms with van der Waals surface area (Å²) in [5, 5.41) is 22.2. The third-order valence-electron chi connectivity index (χ3n) is 10.5. The first-order chi connectivity index (χ1) is 21.7. The third kappa shape index (κ3) is 4.98. The number of nitrogens with two attached hydrogens (primary N) is 1. The smallest absolute Gasteiger partial charge is 0.288 e. The number of nitrogen functional groups attached to an aromatic ring is 1. The number of nitrogens with zero attached hydrogens (tertiary/aromatic N) is 2. The molecule has 6 aliphatic rings. The monoisotopic (exact) mass is 606 g/mol. The van der Waals surface area contributed by atoms with Crippen LogP contribution < -0.4 is 5.73 Å². The molecule has 0 saturated heterocycles. The zero-order chi connectivity index (χ0) is 31.4. The highest BCUT2D eigenvalue weighted by Gasteiger charge is 2.38. The highest BCUT2D eigenvalue weighted by Crippen LogP contribution is 2.41. The number of anilines is 1. The molecule has 3 aromatic carbocycles. The number of fused-ring (bicyclic) bond motifs is 6. The van der Waals surface area contributed by atoms with Gasteiger partial charge in [-0.2, -0.15) is 0 Å². The Kier molecular flexibility index (Phi) is 7.42. The van der Waals surface area contributed by atoms with E-state index in [0.29, 0.717) is 48.8 Å². The second-order valence-electron chi connectivity index (χ2n) is 13.0. The summed E-state index contributed by atoms with van der Waals surface area (Å²) in [6.07, 6.45) is 15.7. The van der Waals surface area contributed by atoms with E-state index in [1.54, 1.807) is 0 Å². The van der Waals surface area contributed by atoms with Crippen molar-refractivity contribution in [3.8, 4) is 0 Å². The van der Waals surface area contributed by atoms with Crippen molar-refractivity contribution in [2.75, 3.05) is 5.73 Å². The zero-order valence-corrected chi connectivity index (χ0v) is 25.3. The van der Waals surface area contributed by atoms with Gasteiger partial charge in [0, 0.05) is 40.8 Å². The molecule has 0 amide bonds. The van der Waals surface area contributed by atoms with Gasteiger partial charge in [-0.05, 0) is 116 Å². The van der Waals surface area contributed by atoms with Gasteiger partial charge in [0.1, 0.15) is 12.8 Å². The summed E-state index contributed by atoms with van der Waals surface area (Å²) in [5.74, 6) is -0.01000. The van der Waals surface area contributed by atoms with Crippen LogP contribution in [0, 0.1) is 26.6 Å². The van der Waals surface area contributed by atoms with Crippen molar-refractivity contribution < 1.29 is 19.4 Å². The standard InChI is InChI=1S/C12H10NO3.C12H11NO3.C12H15N/c14-10-5-4-8-6-7-2-1-3-9(7)12(11(8)10)13(15)16;14-11-5-4-9-10(11)6-7-2-1-3-8(7)12(9)13(15)16;13-12-10-5-1-3-8(10)7-9-4-2-6-11(9)12/h1,6H,2-5H2;6H,1-5H2;7H,1-6,13H2/q+1;;. The van der Waals surface area contributed by atoms with Gasteiger partial charge in [0.05, 0.1) is 27.4 Å². The number of nitro benzene ring substituents is 2. The summed E-state index contributed by atoms with van der Waals surface area (Å²) in [6, 6.07) is 6.28. The summed E-state index contributed by atoms with van der Waals surface area (Å²) < 4.78 is 0. The van der Waals surface area contributed by atoms with Gasteiger partial charge in [0.15, 0.2) is 11.6 Å². The van der Waals surface area contributed by atoms with Gasteiger partial charge < -0.3 is 5.73 Å². The number of aryl methyl sites for hydroxylation is 4. The number of benzene rings is 3. The van der Waals surface area contributed by atoms with Crippen molar-refractivity contribution in [2.24, 2.45) is 0 Å². The Morgan fingerprint density at radius 3 is 1.78 bits per heavy atom. The highest BCUT2D eigenvalue weighted by molar-refractivity contribution is 6.05. The maximum absolute atomic E-state index is 11.7. The summed E-state index contributed by atoms with van der Waals surface area (Å²) >= 11 is 0. The Labute approximate surface area is 261 Å². The molecule has 230 valence electrons. The van der Waals surface area contributed by atoms with Gasteiger partial charge in [0.25, 0.3) is 11.4 Å². The Hall–Kier alpha value is -4.53. The second kappa shape index (κ2) is 11.4. The van der Waals surface area contributed by atoms with Crippen LogP contribution in [0.15, 0.2) is 18.2 Å². The van der Waals surface area contributed by atoms with Crippen LogP contribution in [0.2, 0.25) is 0 Å². The van der Waals surface area contributed by atoms with Gasteiger partial charge in [-0.3, -0.25) is 29.8 Å². The van der Waals surface area contributed by atoms with E-state index in [-0.39, 0.29) is 32.8 Å². The molecule has 0 aromatic heterocycles. The SMILES string of the molecule is Nc1c2c(cc3c1CCC3)CCC2.O=C1CCc2c1cc1c(c2[N+](=O)[O-])CCC1.O=C1CCc2cc3c(c([N+](=O)[O-])c21)C[CH+]C3. The molecule has 0 saturated carbocycles. The van der Waals surface area contributed by atoms with Crippen LogP contribution in [-0.4, -0.2) is 21.4 Å². The number of rotatable bonds is 2. The Morgan fingerprint density at radius 2 is 1.13 bits per heavy atom. The third-order valence-corrected chi connectivity index (χ3v) is 10.5. The molecule has 3 aromatic rings. The van der Waals surface area contributed by atoms with E-state index in [9.17, 15) is 29.8 Å². The first-order valence-corrected chi connectivity index (χ1v) is 16.2. The van der Waals surface area contributed by atoms with Crippen LogP contribution in [-0.2, 0) is 64.2 Å². The summed E-state index contributed by atoms with van der Waals surface area (Å²) in [4.78, 5) is 44.8. The number of hydrogen-bond donors (Lipinski definition) is 1. The lowest BCUT2D eigenvalue weighted by Gasteiger charge is -2.10. The molecule has 0 aliphatic heterocycles. The first-order valence-electron chi connectivity index (χ1n) is 16.2. The van der Waals surface area contributed by atoms with E-state index in [1.165, 1.54) is 60.8 Å². The minimum atomic E-state index is -0.389. The molecule has 0 unspecified atom stereocenters. The molecule has 0 heterocycles. The van der Waals surface area contributed by atoms with Gasteiger partial charge in [-0.25, -0.2) is 0 Å². The van der Waals surface area contributed by atoms with Gasteiger partial charge in [-0.15, -0.1) is 0 Å². The van der Waals surface area contributed by atoms with Gasteiger partial charge >= 0.3 is 0 Å². The number of carbonyl (C=O) groups excluding carboxylic acids is 2. The first kappa shape index (κ1) is 29.2. The van der Waals surface area contributed by atoms with Crippen molar-refractivity contribution in [1.82, 2.24) is 0 Å². The fourth-order valence-corrected chi connectivity index (χ4v) is 8.41. The molecular formula is C36H36N3O6+. The normalized spacial score (nSPS) is 17.6. The van der Waals surface area contributed by atoms with Gasteiger partial charge in [0.2, 0.25) is 0 Å². The van der Waals surface area contributed by atoms with Crippen molar-refractivity contribution in [1.29, 1.82) is 0 Å². The van der Waals surface area contributed by atoms with Crippen LogP contribution in [0.25, 0.3) is 0 Å². The summed E-state index contributed by atoms with van der Waals surface area (Å²) in [7, 11) is 0. The fraction of sp³-hybridized carbons (Fsp3) is 0.417. The van der Waals surface area contributed by atoms with Crippen LogP contribution in [0.5, 0.6) is 0 Å². The average Bonchev–Trinajstić information content (AvgIpc) is 3.86. The topological polar surface area (TPSA) is 146 Å². The second-order valence-corrected chi connectivity index (χ2v) is 13.0. The molecule has 9 rings (SSSR count). The number of nitro groups is 2. The molecule has 0 spiro atoms. The molecule has 45 heavy (non-hydrogen) atoms. The molecule has 9 nitrogen and oxygen atoms in total. The lowest BCUT2D eigenvalue weighted by Crippen LogP contribution is -2.04. The number of Topliss-reactive ketones (excluding diaryl/α,β-unsaturated/α-hetero) is 2. The van der Waals surface area contributed by atoms with Crippen molar-refractivity contribution in [3.63, 3.8) is 0 Å². The molecular weight excluding hydrogens is 570 g/mol. The Morgan fingerprint density at radius 1 is 0.556 bits per heavy atom. The summed E-state index contributed by atoms with van der Waals surface area (Å²) in [6.45, 7) is 0. The molecule has 0 atom stereocenters. The number of carbonyl (C=O) groups is 2. The fourth-order valence-electron chi connectivity index (χ4n) is 8.41. The Bertz CT molecular complexity index is 1790. The molecule has 6 aliphatic carbocycles. The van der Waals surface area contributed by atoms with Crippen molar-refractivity contribution in [2.45, 2.75) is 96.3 Å². The molecule has 2 N–H and O–H groups in total. The van der Waals surface area contributed by atoms with Crippen LogP contribution in [0.4, 0.5) is 17.1 Å². The van der Waals surface area contributed by atoms with Crippen LogP contribution in [0.3, 0.4) is 0 Å². The predicted molar refractivity (Wildman–Crippen MR) is 170 cm³/mol. The molecule has 0 radical (unpaired) electrons. The quantitative estimate of drug-likeness (QED) is 0.152. The lowest BCUT2D eigenvalue weighted by molar-refractivity contribution is -0.386. The lowest BCUT2D eigenvalue weighted by atomic mass is 9.99. The van der Waals surface area contributed by atoms with Crippen LogP contribution >= 0.6 is 0 Å². The van der Waals surface area contributed by atoms with E-state index >= 15 is 0 Å². The van der Waals surface area contributed by atoms with Gasteiger partial charge in [-0.1, -0.05) is 6.07 Å². The van der Waals surface area contributed by atoms with E-state index < -0.39 is 0 Å². The largest absolute Gasteiger partial charge is 0.398 e. The maximum Gasteiger partial charge on any atom is 0.288 e. The van der Waals surface area contributed by atoms with E-state index in [4.69, 9.17) is 5.73 Å². The highest BCUT2D eigenvalue weighted by atomic mass is 16.6. The molecule has 0 fully saturated rings. The zero-order valence-electron chi connectivity index (χ0n) is 25.3. The minimum absolute atomic E-state index is 0.0628. The number of ketones is 2. The maximum atomic E-state index is 11.7. The summed E-state index contributed by atoms with van der Waals surface area (Å²) in [5.41, 5.74) is 19.8. The molecule has 9 heteroatoms. The van der Waals surface area contributed by atoms with Crippen LogP contribution in [0.1, 0.15) is 108 Å². The van der Waals surface area contributed by atoms with E-state index in [2.05, 4.69) is 6.07 Å². The Balaban J connectivity index is 0.000000109.